The number of fused-ring (bicyclic) bond motifs is 1. The van der Waals surface area contributed by atoms with Gasteiger partial charge in [-0.1, -0.05) is 54.1 Å². The van der Waals surface area contributed by atoms with Gasteiger partial charge >= 0.3 is 5.97 Å². The van der Waals surface area contributed by atoms with Crippen molar-refractivity contribution < 1.29 is 14.3 Å². The quantitative estimate of drug-likeness (QED) is 0.477. The Morgan fingerprint density at radius 1 is 0.933 bits per heavy atom. The molecular formula is C23H18ClN3O3. The first-order valence-electron chi connectivity index (χ1n) is 9.31. The van der Waals surface area contributed by atoms with Gasteiger partial charge in [0.05, 0.1) is 10.7 Å². The molecule has 150 valence electrons. The van der Waals surface area contributed by atoms with Crippen molar-refractivity contribution in [1.82, 2.24) is 14.7 Å². The SMILES string of the molecule is O=C(CNC(=O)c1ccc(-c2ccccc2)cc1)OCc1cn2cc(Cl)ccc2n1. The number of nitrogens with zero attached hydrogens (tertiary/aromatic N) is 2. The van der Waals surface area contributed by atoms with Crippen molar-refractivity contribution in [3.05, 3.63) is 95.4 Å². The summed E-state index contributed by atoms with van der Waals surface area (Å²) < 4.78 is 6.94. The van der Waals surface area contributed by atoms with Gasteiger partial charge in [0, 0.05) is 18.0 Å². The molecule has 2 heterocycles. The molecule has 0 fully saturated rings. The van der Waals surface area contributed by atoms with Gasteiger partial charge in [-0.15, -0.1) is 0 Å². The van der Waals surface area contributed by atoms with Gasteiger partial charge in [-0.25, -0.2) is 4.98 Å². The Balaban J connectivity index is 1.28. The number of nitrogens with one attached hydrogen (secondary N) is 1. The molecule has 2 aromatic carbocycles. The molecule has 0 bridgehead atoms. The largest absolute Gasteiger partial charge is 0.458 e. The van der Waals surface area contributed by atoms with E-state index in [1.165, 1.54) is 0 Å². The average molecular weight is 420 g/mol. The van der Waals surface area contributed by atoms with Crippen molar-refractivity contribution in [1.29, 1.82) is 0 Å². The first-order chi connectivity index (χ1) is 14.6. The third-order valence-electron chi connectivity index (χ3n) is 4.49. The van der Waals surface area contributed by atoms with Crippen LogP contribution in [0.15, 0.2) is 79.1 Å². The summed E-state index contributed by atoms with van der Waals surface area (Å²) in [4.78, 5) is 28.6. The predicted octanol–water partition coefficient (Wildman–Crippen LogP) is 4.13. The Kier molecular flexibility index (Phi) is 5.77. The second-order valence-electron chi connectivity index (χ2n) is 6.63. The van der Waals surface area contributed by atoms with E-state index >= 15 is 0 Å². The summed E-state index contributed by atoms with van der Waals surface area (Å²) in [6, 6.07) is 20.6. The zero-order valence-electron chi connectivity index (χ0n) is 15.9. The van der Waals surface area contributed by atoms with Crippen LogP contribution in [0.2, 0.25) is 5.02 Å². The summed E-state index contributed by atoms with van der Waals surface area (Å²) in [5.74, 6) is -0.881. The molecule has 0 aliphatic carbocycles. The van der Waals surface area contributed by atoms with Crippen molar-refractivity contribution >= 4 is 29.1 Å². The number of rotatable bonds is 6. The molecule has 0 aliphatic heterocycles. The summed E-state index contributed by atoms with van der Waals surface area (Å²) in [5.41, 5.74) is 3.86. The number of ether oxygens (including phenoxy) is 1. The Morgan fingerprint density at radius 2 is 1.67 bits per heavy atom. The molecule has 1 amide bonds. The molecule has 0 unspecified atom stereocenters. The van der Waals surface area contributed by atoms with Crippen LogP contribution in [0.25, 0.3) is 16.8 Å². The van der Waals surface area contributed by atoms with Crippen LogP contribution in [0.1, 0.15) is 16.1 Å². The van der Waals surface area contributed by atoms with Gasteiger partial charge in [-0.05, 0) is 35.4 Å². The number of amides is 1. The summed E-state index contributed by atoms with van der Waals surface area (Å²) in [6.45, 7) is -0.210. The van der Waals surface area contributed by atoms with Crippen LogP contribution >= 0.6 is 11.6 Å². The van der Waals surface area contributed by atoms with Crippen LogP contribution in [0.4, 0.5) is 0 Å². The molecule has 0 aliphatic rings. The molecule has 0 saturated heterocycles. The van der Waals surface area contributed by atoms with Crippen LogP contribution in [-0.4, -0.2) is 27.8 Å². The van der Waals surface area contributed by atoms with Crippen molar-refractivity contribution in [2.24, 2.45) is 0 Å². The predicted molar refractivity (Wildman–Crippen MR) is 114 cm³/mol. The lowest BCUT2D eigenvalue weighted by molar-refractivity contribution is -0.143. The van der Waals surface area contributed by atoms with Crippen molar-refractivity contribution in [2.75, 3.05) is 6.54 Å². The second-order valence-corrected chi connectivity index (χ2v) is 7.07. The van der Waals surface area contributed by atoms with Crippen LogP contribution in [0, 0.1) is 0 Å². The summed E-state index contributed by atoms with van der Waals surface area (Å²) in [7, 11) is 0. The minimum Gasteiger partial charge on any atom is -0.458 e. The van der Waals surface area contributed by atoms with Gasteiger partial charge in [-0.3, -0.25) is 9.59 Å². The minimum atomic E-state index is -0.542. The summed E-state index contributed by atoms with van der Waals surface area (Å²) in [5, 5.41) is 3.16. The lowest BCUT2D eigenvalue weighted by atomic mass is 10.0. The highest BCUT2D eigenvalue weighted by Gasteiger charge is 2.11. The number of pyridine rings is 1. The smallest absolute Gasteiger partial charge is 0.325 e. The minimum absolute atomic E-state index is 0.0137. The number of imidazole rings is 1. The number of benzene rings is 2. The summed E-state index contributed by atoms with van der Waals surface area (Å²) in [6.07, 6.45) is 3.46. The molecule has 0 radical (unpaired) electrons. The molecule has 4 aromatic rings. The van der Waals surface area contributed by atoms with Crippen LogP contribution in [0.5, 0.6) is 0 Å². The average Bonchev–Trinajstić information content (AvgIpc) is 3.19. The van der Waals surface area contributed by atoms with E-state index in [4.69, 9.17) is 16.3 Å². The van der Waals surface area contributed by atoms with E-state index in [2.05, 4.69) is 10.3 Å². The van der Waals surface area contributed by atoms with E-state index in [1.807, 2.05) is 42.5 Å². The fraction of sp³-hybridized carbons (Fsp3) is 0.0870. The second kappa shape index (κ2) is 8.80. The fourth-order valence-electron chi connectivity index (χ4n) is 2.99. The lowest BCUT2D eigenvalue weighted by Crippen LogP contribution is -2.30. The number of hydrogen-bond donors (Lipinski definition) is 1. The highest BCUT2D eigenvalue weighted by molar-refractivity contribution is 6.30. The number of aromatic nitrogens is 2. The lowest BCUT2D eigenvalue weighted by Gasteiger charge is -2.07. The number of carbonyl (C=O) groups excluding carboxylic acids is 2. The standard InChI is InChI=1S/C23H18ClN3O3/c24-19-10-11-21-26-20(14-27(21)13-19)15-30-22(28)12-25-23(29)18-8-6-17(7-9-18)16-4-2-1-3-5-16/h1-11,13-14H,12,15H2,(H,25,29). The van der Waals surface area contributed by atoms with E-state index in [-0.39, 0.29) is 19.1 Å². The van der Waals surface area contributed by atoms with Gasteiger partial charge in [-0.2, -0.15) is 0 Å². The third kappa shape index (κ3) is 4.67. The van der Waals surface area contributed by atoms with Crippen molar-refractivity contribution in [2.45, 2.75) is 6.61 Å². The Bertz CT molecular complexity index is 1190. The Labute approximate surface area is 178 Å². The van der Waals surface area contributed by atoms with Crippen LogP contribution < -0.4 is 5.32 Å². The molecule has 4 rings (SSSR count). The maximum atomic E-state index is 12.3. The molecule has 2 aromatic heterocycles. The van der Waals surface area contributed by atoms with E-state index in [0.717, 1.165) is 11.1 Å². The van der Waals surface area contributed by atoms with Gasteiger partial charge in [0.15, 0.2) is 0 Å². The molecule has 1 N–H and O–H groups in total. The first kappa shape index (κ1) is 19.7. The van der Waals surface area contributed by atoms with Crippen molar-refractivity contribution in [3.63, 3.8) is 0 Å². The summed E-state index contributed by atoms with van der Waals surface area (Å²) >= 11 is 5.94. The normalized spacial score (nSPS) is 10.7. The zero-order chi connectivity index (χ0) is 20.9. The molecule has 30 heavy (non-hydrogen) atoms. The topological polar surface area (TPSA) is 72.7 Å². The maximum Gasteiger partial charge on any atom is 0.325 e. The molecule has 0 atom stereocenters. The Morgan fingerprint density at radius 3 is 2.43 bits per heavy atom. The molecule has 0 saturated carbocycles. The maximum absolute atomic E-state index is 12.3. The van der Waals surface area contributed by atoms with Crippen molar-refractivity contribution in [3.8, 4) is 11.1 Å². The first-order valence-corrected chi connectivity index (χ1v) is 9.69. The molecule has 6 nitrogen and oxygen atoms in total. The fourth-order valence-corrected chi connectivity index (χ4v) is 3.16. The van der Waals surface area contributed by atoms with E-state index < -0.39 is 5.97 Å². The number of hydrogen-bond acceptors (Lipinski definition) is 4. The number of esters is 1. The number of carbonyl (C=O) groups is 2. The highest BCUT2D eigenvalue weighted by Crippen LogP contribution is 2.19. The van der Waals surface area contributed by atoms with E-state index in [1.54, 1.807) is 41.1 Å². The molecule has 7 heteroatoms. The molecular weight excluding hydrogens is 402 g/mol. The Hall–Kier alpha value is -3.64. The third-order valence-corrected chi connectivity index (χ3v) is 4.72. The van der Waals surface area contributed by atoms with Gasteiger partial charge in [0.1, 0.15) is 18.8 Å². The van der Waals surface area contributed by atoms with E-state index in [0.29, 0.717) is 21.9 Å². The van der Waals surface area contributed by atoms with Gasteiger partial charge in [0.25, 0.3) is 5.91 Å². The van der Waals surface area contributed by atoms with Crippen LogP contribution in [0.3, 0.4) is 0 Å². The van der Waals surface area contributed by atoms with Crippen LogP contribution in [-0.2, 0) is 16.1 Å². The zero-order valence-corrected chi connectivity index (χ0v) is 16.7. The number of halogens is 1. The monoisotopic (exact) mass is 419 g/mol. The van der Waals surface area contributed by atoms with Gasteiger partial charge in [0.2, 0.25) is 0 Å². The van der Waals surface area contributed by atoms with E-state index in [9.17, 15) is 9.59 Å². The van der Waals surface area contributed by atoms with Gasteiger partial charge < -0.3 is 14.5 Å². The highest BCUT2D eigenvalue weighted by atomic mass is 35.5. The molecule has 0 spiro atoms.